The average Bonchev–Trinajstić information content (AvgIpc) is 3.24. The Hall–Kier alpha value is -2.84. The van der Waals surface area contributed by atoms with Crippen LogP contribution in [0.3, 0.4) is 0 Å². The fraction of sp³-hybridized carbons (Fsp3) is 0.286. The minimum absolute atomic E-state index is 0.164. The van der Waals surface area contributed by atoms with E-state index in [2.05, 4.69) is 10.6 Å². The van der Waals surface area contributed by atoms with Gasteiger partial charge in [0.15, 0.2) is 0 Å². The van der Waals surface area contributed by atoms with Gasteiger partial charge >= 0.3 is 18.0 Å². The molecular weight excluding hydrogens is 428 g/mol. The maximum absolute atomic E-state index is 12.7. The van der Waals surface area contributed by atoms with E-state index in [0.717, 1.165) is 5.56 Å². The van der Waals surface area contributed by atoms with Crippen LogP contribution in [-0.2, 0) is 25.5 Å². The highest BCUT2D eigenvalue weighted by Crippen LogP contribution is 2.29. The lowest BCUT2D eigenvalue weighted by Gasteiger charge is -2.29. The van der Waals surface area contributed by atoms with E-state index in [-0.39, 0.29) is 30.9 Å². The van der Waals surface area contributed by atoms with E-state index in [1.807, 2.05) is 16.8 Å². The van der Waals surface area contributed by atoms with Crippen molar-refractivity contribution in [1.29, 1.82) is 0 Å². The normalized spacial score (nSPS) is 15.9. The number of carbonyl (C=O) groups is 3. The molecule has 1 atom stereocenters. The quantitative estimate of drug-likeness (QED) is 0.600. The highest BCUT2D eigenvalue weighted by atomic mass is 35.5. The lowest BCUT2D eigenvalue weighted by atomic mass is 9.95. The molecule has 1 aliphatic heterocycles. The van der Waals surface area contributed by atoms with E-state index in [1.54, 1.807) is 42.5 Å². The van der Waals surface area contributed by atoms with Crippen LogP contribution in [0.15, 0.2) is 52.4 Å². The zero-order chi connectivity index (χ0) is 21.5. The average molecular weight is 449 g/mol. The molecule has 2 amide bonds. The number of rotatable bonds is 8. The number of carbonyl (C=O) groups excluding carboxylic acids is 3. The molecule has 158 valence electrons. The number of amides is 2. The Balaban J connectivity index is 1.79. The van der Waals surface area contributed by atoms with Crippen molar-refractivity contribution in [2.75, 3.05) is 13.2 Å². The van der Waals surface area contributed by atoms with Gasteiger partial charge in [-0.15, -0.1) is 0 Å². The molecule has 0 bridgehead atoms. The molecule has 3 rings (SSSR count). The van der Waals surface area contributed by atoms with Crippen molar-refractivity contribution in [3.63, 3.8) is 0 Å². The van der Waals surface area contributed by atoms with Crippen LogP contribution in [0.1, 0.15) is 30.5 Å². The lowest BCUT2D eigenvalue weighted by Crippen LogP contribution is -2.47. The van der Waals surface area contributed by atoms with Crippen molar-refractivity contribution in [3.05, 3.63) is 68.5 Å². The first-order chi connectivity index (χ1) is 14.5. The second-order valence-corrected chi connectivity index (χ2v) is 7.70. The number of hydrogen-bond acceptors (Lipinski definition) is 6. The molecule has 0 aliphatic carbocycles. The minimum Gasteiger partial charge on any atom is -0.463 e. The summed E-state index contributed by atoms with van der Waals surface area (Å²) < 4.78 is 10.5. The van der Waals surface area contributed by atoms with Crippen LogP contribution in [0.4, 0.5) is 4.79 Å². The van der Waals surface area contributed by atoms with Crippen LogP contribution in [0, 0.1) is 0 Å². The first kappa shape index (κ1) is 21.9. The van der Waals surface area contributed by atoms with Crippen molar-refractivity contribution < 1.29 is 23.9 Å². The summed E-state index contributed by atoms with van der Waals surface area (Å²) in [5, 5.41) is 9.72. The summed E-state index contributed by atoms with van der Waals surface area (Å²) in [7, 11) is 0. The minimum atomic E-state index is -0.755. The van der Waals surface area contributed by atoms with Gasteiger partial charge in [-0.3, -0.25) is 4.79 Å². The molecule has 0 saturated heterocycles. The smallest absolute Gasteiger partial charge is 0.338 e. The largest absolute Gasteiger partial charge is 0.463 e. The van der Waals surface area contributed by atoms with Crippen LogP contribution in [0.25, 0.3) is 0 Å². The lowest BCUT2D eigenvalue weighted by molar-refractivity contribution is -0.143. The SMILES string of the molecule is CCOC(=O)C1=C(COC(=O)CCc2ccsc2)NC(=O)N[C@@H]1c1ccc(Cl)cc1. The summed E-state index contributed by atoms with van der Waals surface area (Å²) in [5.41, 5.74) is 2.09. The Morgan fingerprint density at radius 2 is 1.93 bits per heavy atom. The predicted molar refractivity (Wildman–Crippen MR) is 113 cm³/mol. The summed E-state index contributed by atoms with van der Waals surface area (Å²) in [4.78, 5) is 37.0. The van der Waals surface area contributed by atoms with E-state index in [4.69, 9.17) is 21.1 Å². The Labute approximate surface area is 183 Å². The molecular formula is C21H21ClN2O5S. The van der Waals surface area contributed by atoms with Gasteiger partial charge in [0.05, 0.1) is 23.9 Å². The maximum atomic E-state index is 12.7. The number of ether oxygens (including phenoxy) is 2. The number of urea groups is 1. The second-order valence-electron chi connectivity index (χ2n) is 6.49. The van der Waals surface area contributed by atoms with Crippen LogP contribution < -0.4 is 10.6 Å². The molecule has 9 heteroatoms. The Morgan fingerprint density at radius 3 is 2.60 bits per heavy atom. The van der Waals surface area contributed by atoms with Gasteiger partial charge in [0.2, 0.25) is 0 Å². The van der Waals surface area contributed by atoms with E-state index in [9.17, 15) is 14.4 Å². The Kier molecular flexibility index (Phi) is 7.48. The van der Waals surface area contributed by atoms with E-state index >= 15 is 0 Å². The third-order valence-electron chi connectivity index (χ3n) is 4.43. The van der Waals surface area contributed by atoms with Gasteiger partial charge < -0.3 is 20.1 Å². The molecule has 0 unspecified atom stereocenters. The Morgan fingerprint density at radius 1 is 1.17 bits per heavy atom. The molecule has 2 aromatic rings. The molecule has 1 aromatic heterocycles. The number of benzene rings is 1. The second kappa shape index (κ2) is 10.3. The summed E-state index contributed by atoms with van der Waals surface area (Å²) in [6, 6.07) is 7.44. The third kappa shape index (κ3) is 5.61. The summed E-state index contributed by atoms with van der Waals surface area (Å²) in [6.45, 7) is 1.61. The van der Waals surface area contributed by atoms with E-state index < -0.39 is 24.0 Å². The van der Waals surface area contributed by atoms with Crippen LogP contribution >= 0.6 is 22.9 Å². The first-order valence-electron chi connectivity index (χ1n) is 9.37. The molecule has 0 spiro atoms. The number of aryl methyl sites for hydroxylation is 1. The predicted octanol–water partition coefficient (Wildman–Crippen LogP) is 3.75. The van der Waals surface area contributed by atoms with Crippen molar-refractivity contribution in [1.82, 2.24) is 10.6 Å². The number of thiophene rings is 1. The van der Waals surface area contributed by atoms with Gasteiger partial charge in [-0.1, -0.05) is 23.7 Å². The van der Waals surface area contributed by atoms with Crippen LogP contribution in [-0.4, -0.2) is 31.2 Å². The fourth-order valence-corrected chi connectivity index (χ4v) is 3.82. The molecule has 0 fully saturated rings. The third-order valence-corrected chi connectivity index (χ3v) is 5.41. The van der Waals surface area contributed by atoms with Crippen molar-refractivity contribution in [2.45, 2.75) is 25.8 Å². The molecule has 2 N–H and O–H groups in total. The van der Waals surface area contributed by atoms with E-state index in [0.29, 0.717) is 17.0 Å². The van der Waals surface area contributed by atoms with Gasteiger partial charge in [0.25, 0.3) is 0 Å². The van der Waals surface area contributed by atoms with Crippen LogP contribution in [0.5, 0.6) is 0 Å². The monoisotopic (exact) mass is 448 g/mol. The zero-order valence-electron chi connectivity index (χ0n) is 16.3. The number of hydrogen-bond donors (Lipinski definition) is 2. The number of nitrogens with one attached hydrogen (secondary N) is 2. The Bertz CT molecular complexity index is 941. The van der Waals surface area contributed by atoms with Crippen LogP contribution in [0.2, 0.25) is 5.02 Å². The van der Waals surface area contributed by atoms with Crippen molar-refractivity contribution >= 4 is 40.9 Å². The van der Waals surface area contributed by atoms with Gasteiger partial charge in [0, 0.05) is 11.4 Å². The molecule has 1 aliphatic rings. The highest BCUT2D eigenvalue weighted by Gasteiger charge is 2.34. The summed E-state index contributed by atoms with van der Waals surface area (Å²) in [5.74, 6) is -1.03. The standard InChI is InChI=1S/C21H21ClN2O5S/c1-2-28-20(26)18-16(11-29-17(25)8-3-13-9-10-30-12-13)23-21(27)24-19(18)14-4-6-15(22)7-5-14/h4-7,9-10,12,19H,2-3,8,11H2,1H3,(H2,23,24,27)/t19-/m1/s1. The molecule has 7 nitrogen and oxygen atoms in total. The molecule has 0 radical (unpaired) electrons. The van der Waals surface area contributed by atoms with Gasteiger partial charge in [-0.2, -0.15) is 11.3 Å². The molecule has 2 heterocycles. The highest BCUT2D eigenvalue weighted by molar-refractivity contribution is 7.07. The van der Waals surface area contributed by atoms with Crippen molar-refractivity contribution in [3.8, 4) is 0 Å². The molecule has 0 saturated carbocycles. The number of esters is 2. The van der Waals surface area contributed by atoms with E-state index in [1.165, 1.54) is 0 Å². The molecule has 30 heavy (non-hydrogen) atoms. The first-order valence-corrected chi connectivity index (χ1v) is 10.7. The summed E-state index contributed by atoms with van der Waals surface area (Å²) in [6.07, 6.45) is 0.763. The molecule has 1 aromatic carbocycles. The zero-order valence-corrected chi connectivity index (χ0v) is 17.8. The van der Waals surface area contributed by atoms with Gasteiger partial charge in [-0.05, 0) is 53.4 Å². The topological polar surface area (TPSA) is 93.7 Å². The van der Waals surface area contributed by atoms with Crippen molar-refractivity contribution in [2.24, 2.45) is 0 Å². The number of halogens is 1. The maximum Gasteiger partial charge on any atom is 0.338 e. The van der Waals surface area contributed by atoms with Gasteiger partial charge in [0.1, 0.15) is 6.61 Å². The van der Waals surface area contributed by atoms with Gasteiger partial charge in [-0.25, -0.2) is 9.59 Å². The fourth-order valence-electron chi connectivity index (χ4n) is 2.99. The summed E-state index contributed by atoms with van der Waals surface area (Å²) >= 11 is 7.51.